The molecule has 2 rings (SSSR count). The van der Waals surface area contributed by atoms with Crippen molar-refractivity contribution in [2.24, 2.45) is 0 Å². The van der Waals surface area contributed by atoms with Crippen LogP contribution in [0.4, 0.5) is 5.82 Å². The van der Waals surface area contributed by atoms with E-state index in [1.807, 2.05) is 0 Å². The Labute approximate surface area is 139 Å². The minimum absolute atomic E-state index is 0.0306. The van der Waals surface area contributed by atoms with Gasteiger partial charge in [-0.05, 0) is 58.8 Å². The van der Waals surface area contributed by atoms with Crippen LogP contribution in [0.2, 0.25) is 0 Å². The van der Waals surface area contributed by atoms with E-state index in [1.165, 1.54) is 31.7 Å². The molecule has 1 fully saturated rings. The molecule has 0 bridgehead atoms. The van der Waals surface area contributed by atoms with E-state index >= 15 is 0 Å². The van der Waals surface area contributed by atoms with Crippen LogP contribution in [0.25, 0.3) is 0 Å². The summed E-state index contributed by atoms with van der Waals surface area (Å²) in [5, 5.41) is 11.1. The van der Waals surface area contributed by atoms with Crippen LogP contribution in [-0.2, 0) is 9.84 Å². The van der Waals surface area contributed by atoms with E-state index in [0.29, 0.717) is 5.82 Å². The maximum Gasteiger partial charge on any atom is 0.202 e. The highest BCUT2D eigenvalue weighted by atomic mass is 32.2. The fraction of sp³-hybridized carbons (Fsp3) is 0.750. The van der Waals surface area contributed by atoms with Crippen molar-refractivity contribution in [1.82, 2.24) is 15.1 Å². The van der Waals surface area contributed by atoms with Crippen molar-refractivity contribution in [3.63, 3.8) is 0 Å². The molecule has 0 aliphatic carbocycles. The lowest BCUT2D eigenvalue weighted by molar-refractivity contribution is 0.296. The van der Waals surface area contributed by atoms with Crippen LogP contribution in [0, 0.1) is 0 Å². The third kappa shape index (κ3) is 4.88. The van der Waals surface area contributed by atoms with Gasteiger partial charge in [0, 0.05) is 13.1 Å². The minimum atomic E-state index is -3.44. The van der Waals surface area contributed by atoms with Crippen LogP contribution in [0.1, 0.15) is 46.5 Å². The average Bonchev–Trinajstić information content (AvgIpc) is 2.75. The average molecular weight is 340 g/mol. The largest absolute Gasteiger partial charge is 0.367 e. The van der Waals surface area contributed by atoms with Crippen LogP contribution in [-0.4, -0.2) is 54.4 Å². The lowest BCUT2D eigenvalue weighted by Crippen LogP contribution is -2.30. The van der Waals surface area contributed by atoms with Gasteiger partial charge in [-0.15, -0.1) is 10.2 Å². The van der Waals surface area contributed by atoms with Crippen molar-refractivity contribution in [2.45, 2.75) is 56.2 Å². The normalized spacial score (nSPS) is 17.7. The van der Waals surface area contributed by atoms with Gasteiger partial charge in [0.15, 0.2) is 5.03 Å². The van der Waals surface area contributed by atoms with Gasteiger partial charge in [-0.25, -0.2) is 8.42 Å². The van der Waals surface area contributed by atoms with E-state index in [4.69, 9.17) is 0 Å². The summed E-state index contributed by atoms with van der Waals surface area (Å²) in [6, 6.07) is 3.22. The SMILES string of the molecule is CC(C)(C)S(=O)(=O)c1ccc(NCCN2CCCCCC2)nn1. The number of nitrogens with one attached hydrogen (secondary N) is 1. The molecule has 1 N–H and O–H groups in total. The first-order valence-corrected chi connectivity index (χ1v) is 9.83. The van der Waals surface area contributed by atoms with Gasteiger partial charge in [0.2, 0.25) is 9.84 Å². The van der Waals surface area contributed by atoms with Gasteiger partial charge in [-0.2, -0.15) is 0 Å². The van der Waals surface area contributed by atoms with Crippen LogP contribution in [0.3, 0.4) is 0 Å². The molecule has 7 heteroatoms. The van der Waals surface area contributed by atoms with Gasteiger partial charge in [-0.3, -0.25) is 0 Å². The predicted octanol–water partition coefficient (Wildman–Crippen LogP) is 2.34. The Hall–Kier alpha value is -1.21. The number of likely N-dealkylation sites (tertiary alicyclic amines) is 1. The molecular formula is C16H28N4O2S. The number of anilines is 1. The maximum atomic E-state index is 12.3. The Bertz CT molecular complexity index is 586. The standard InChI is InChI=1S/C16H28N4O2S/c1-16(2,3)23(21,22)15-9-8-14(18-19-15)17-10-13-20-11-6-4-5-7-12-20/h8-9H,4-7,10-13H2,1-3H3,(H,17,18). The third-order valence-corrected chi connectivity index (χ3v) is 6.54. The van der Waals surface area contributed by atoms with Gasteiger partial charge >= 0.3 is 0 Å². The zero-order chi connectivity index (χ0) is 16.9. The lowest BCUT2D eigenvalue weighted by Gasteiger charge is -2.20. The van der Waals surface area contributed by atoms with Crippen molar-refractivity contribution >= 4 is 15.7 Å². The van der Waals surface area contributed by atoms with Gasteiger partial charge in [-0.1, -0.05) is 12.8 Å². The Balaban J connectivity index is 1.88. The third-order valence-electron chi connectivity index (χ3n) is 4.15. The molecule has 0 spiro atoms. The molecule has 23 heavy (non-hydrogen) atoms. The van der Waals surface area contributed by atoms with E-state index in [9.17, 15) is 8.42 Å². The number of hydrogen-bond acceptors (Lipinski definition) is 6. The maximum absolute atomic E-state index is 12.3. The molecule has 0 saturated carbocycles. The summed E-state index contributed by atoms with van der Waals surface area (Å²) >= 11 is 0. The minimum Gasteiger partial charge on any atom is -0.367 e. The summed E-state index contributed by atoms with van der Waals surface area (Å²) in [5.41, 5.74) is 0. The van der Waals surface area contributed by atoms with E-state index in [2.05, 4.69) is 20.4 Å². The molecule has 2 heterocycles. The van der Waals surface area contributed by atoms with Crippen molar-refractivity contribution in [3.8, 4) is 0 Å². The van der Waals surface area contributed by atoms with Crippen molar-refractivity contribution in [2.75, 3.05) is 31.5 Å². The summed E-state index contributed by atoms with van der Waals surface area (Å²) < 4.78 is 23.7. The Morgan fingerprint density at radius 2 is 1.74 bits per heavy atom. The zero-order valence-electron chi connectivity index (χ0n) is 14.4. The highest BCUT2D eigenvalue weighted by Gasteiger charge is 2.32. The molecule has 0 aromatic carbocycles. The monoisotopic (exact) mass is 340 g/mol. The summed E-state index contributed by atoms with van der Waals surface area (Å²) in [4.78, 5) is 2.46. The van der Waals surface area contributed by atoms with Gasteiger partial charge in [0.25, 0.3) is 0 Å². The molecule has 6 nitrogen and oxygen atoms in total. The molecule has 1 saturated heterocycles. The first kappa shape index (κ1) is 18.1. The second kappa shape index (κ2) is 7.57. The van der Waals surface area contributed by atoms with E-state index in [-0.39, 0.29) is 5.03 Å². The molecule has 0 atom stereocenters. The Morgan fingerprint density at radius 3 is 2.26 bits per heavy atom. The molecule has 1 aliphatic heterocycles. The Kier molecular flexibility index (Phi) is 5.97. The van der Waals surface area contributed by atoms with E-state index < -0.39 is 14.6 Å². The topological polar surface area (TPSA) is 75.2 Å². The van der Waals surface area contributed by atoms with E-state index in [0.717, 1.165) is 26.2 Å². The van der Waals surface area contributed by atoms with Gasteiger partial charge < -0.3 is 10.2 Å². The van der Waals surface area contributed by atoms with Gasteiger partial charge in [0.05, 0.1) is 4.75 Å². The second-order valence-electron chi connectivity index (χ2n) is 7.06. The smallest absolute Gasteiger partial charge is 0.202 e. The molecule has 0 radical (unpaired) electrons. The molecule has 130 valence electrons. The highest BCUT2D eigenvalue weighted by molar-refractivity contribution is 7.92. The first-order valence-electron chi connectivity index (χ1n) is 8.35. The molecule has 0 unspecified atom stereocenters. The molecular weight excluding hydrogens is 312 g/mol. The summed E-state index contributed by atoms with van der Waals surface area (Å²) in [5.74, 6) is 0.618. The number of nitrogens with zero attached hydrogens (tertiary/aromatic N) is 3. The zero-order valence-corrected chi connectivity index (χ0v) is 15.2. The van der Waals surface area contributed by atoms with Crippen LogP contribution in [0.5, 0.6) is 0 Å². The number of aromatic nitrogens is 2. The van der Waals surface area contributed by atoms with E-state index in [1.54, 1.807) is 26.8 Å². The van der Waals surface area contributed by atoms with Gasteiger partial charge in [0.1, 0.15) is 5.82 Å². The second-order valence-corrected chi connectivity index (χ2v) is 9.71. The van der Waals surface area contributed by atoms with Crippen molar-refractivity contribution in [3.05, 3.63) is 12.1 Å². The van der Waals surface area contributed by atoms with Crippen LogP contribution < -0.4 is 5.32 Å². The first-order chi connectivity index (χ1) is 10.8. The number of sulfone groups is 1. The summed E-state index contributed by atoms with van der Waals surface area (Å²) in [7, 11) is -3.44. The Morgan fingerprint density at radius 1 is 1.09 bits per heavy atom. The lowest BCUT2D eigenvalue weighted by atomic mass is 10.2. The fourth-order valence-electron chi connectivity index (χ4n) is 2.57. The molecule has 1 aliphatic rings. The fourth-order valence-corrected chi connectivity index (χ4v) is 3.60. The van der Waals surface area contributed by atoms with Crippen molar-refractivity contribution < 1.29 is 8.42 Å². The number of rotatable bonds is 5. The van der Waals surface area contributed by atoms with Crippen LogP contribution >= 0.6 is 0 Å². The number of hydrogen-bond donors (Lipinski definition) is 1. The van der Waals surface area contributed by atoms with Crippen molar-refractivity contribution in [1.29, 1.82) is 0 Å². The summed E-state index contributed by atoms with van der Waals surface area (Å²) in [6.45, 7) is 9.09. The quantitative estimate of drug-likeness (QED) is 0.887. The molecule has 1 aromatic heterocycles. The highest BCUT2D eigenvalue weighted by Crippen LogP contribution is 2.23. The summed E-state index contributed by atoms with van der Waals surface area (Å²) in [6.07, 6.45) is 5.22. The molecule has 1 aromatic rings. The predicted molar refractivity (Wildman–Crippen MR) is 92.4 cm³/mol. The van der Waals surface area contributed by atoms with Crippen LogP contribution in [0.15, 0.2) is 17.2 Å². The molecule has 0 amide bonds.